The number of nitrogens with zero attached hydrogens (tertiary/aromatic N) is 1. The van der Waals surface area contributed by atoms with Gasteiger partial charge in [-0.15, -0.1) is 0 Å². The number of hydrogen-bond donors (Lipinski definition) is 1. The van der Waals surface area contributed by atoms with Crippen molar-refractivity contribution in [2.24, 2.45) is 0 Å². The number of carbonyl (C=O) groups is 2. The van der Waals surface area contributed by atoms with Gasteiger partial charge >= 0.3 is 6.18 Å². The van der Waals surface area contributed by atoms with Gasteiger partial charge in [0.25, 0.3) is 5.91 Å². The van der Waals surface area contributed by atoms with Gasteiger partial charge in [0, 0.05) is 24.3 Å². The molecule has 0 saturated heterocycles. The van der Waals surface area contributed by atoms with Crippen LogP contribution in [0.3, 0.4) is 0 Å². The van der Waals surface area contributed by atoms with Crippen LogP contribution in [0.5, 0.6) is 0 Å². The van der Waals surface area contributed by atoms with Crippen LogP contribution in [0.1, 0.15) is 27.9 Å². The van der Waals surface area contributed by atoms with Crippen molar-refractivity contribution in [2.75, 3.05) is 18.0 Å². The van der Waals surface area contributed by atoms with E-state index in [0.717, 1.165) is 23.4 Å². The van der Waals surface area contributed by atoms with Crippen LogP contribution >= 0.6 is 0 Å². The van der Waals surface area contributed by atoms with Gasteiger partial charge in [-0.2, -0.15) is 13.2 Å². The maximum Gasteiger partial charge on any atom is 0.416 e. The van der Waals surface area contributed by atoms with Crippen molar-refractivity contribution in [3.8, 4) is 0 Å². The number of benzene rings is 3. The van der Waals surface area contributed by atoms with Gasteiger partial charge in [-0.25, -0.2) is 0 Å². The molecule has 166 valence electrons. The zero-order valence-corrected chi connectivity index (χ0v) is 17.3. The van der Waals surface area contributed by atoms with Gasteiger partial charge in [0.15, 0.2) is 0 Å². The Labute approximate surface area is 184 Å². The van der Waals surface area contributed by atoms with Gasteiger partial charge in [0.2, 0.25) is 5.91 Å². The number of amides is 2. The highest BCUT2D eigenvalue weighted by molar-refractivity contribution is 5.95. The van der Waals surface area contributed by atoms with Crippen LogP contribution in [-0.2, 0) is 17.4 Å². The molecule has 2 amide bonds. The lowest BCUT2D eigenvalue weighted by Gasteiger charge is -2.23. The first-order chi connectivity index (χ1) is 15.3. The molecule has 7 heteroatoms. The highest BCUT2D eigenvalue weighted by Gasteiger charge is 2.30. The van der Waals surface area contributed by atoms with Crippen molar-refractivity contribution in [3.05, 3.63) is 102 Å². The van der Waals surface area contributed by atoms with Crippen LogP contribution in [0.25, 0.3) is 0 Å². The number of halogens is 3. The van der Waals surface area contributed by atoms with E-state index in [4.69, 9.17) is 0 Å². The molecule has 0 spiro atoms. The summed E-state index contributed by atoms with van der Waals surface area (Å²) in [5, 5.41) is 2.63. The lowest BCUT2D eigenvalue weighted by Crippen LogP contribution is -2.35. The van der Waals surface area contributed by atoms with Crippen molar-refractivity contribution >= 4 is 17.5 Å². The zero-order valence-electron chi connectivity index (χ0n) is 17.3. The maximum atomic E-state index is 12.9. The van der Waals surface area contributed by atoms with Gasteiger partial charge in [-0.3, -0.25) is 9.59 Å². The molecule has 0 aromatic heterocycles. The second-order valence-corrected chi connectivity index (χ2v) is 7.23. The van der Waals surface area contributed by atoms with Crippen molar-refractivity contribution in [1.82, 2.24) is 5.32 Å². The van der Waals surface area contributed by atoms with Crippen LogP contribution < -0.4 is 10.2 Å². The third kappa shape index (κ3) is 6.44. The summed E-state index contributed by atoms with van der Waals surface area (Å²) >= 11 is 0. The molecular weight excluding hydrogens is 417 g/mol. The summed E-state index contributed by atoms with van der Waals surface area (Å²) in [4.78, 5) is 26.8. The zero-order chi connectivity index (χ0) is 23.0. The maximum absolute atomic E-state index is 12.9. The van der Waals surface area contributed by atoms with E-state index in [0.29, 0.717) is 13.0 Å². The third-order valence-electron chi connectivity index (χ3n) is 4.86. The Bertz CT molecular complexity index is 1040. The number of nitrogens with one attached hydrogen (secondary N) is 1. The van der Waals surface area contributed by atoms with Gasteiger partial charge in [0.05, 0.1) is 12.0 Å². The quantitative estimate of drug-likeness (QED) is 0.496. The molecule has 0 aliphatic carbocycles. The molecule has 0 bridgehead atoms. The average molecular weight is 440 g/mol. The summed E-state index contributed by atoms with van der Waals surface area (Å²) in [7, 11) is 0. The SMILES string of the molecule is O=C(NCCCN(C(=O)Cc1ccccc1)c1ccccc1)c1cccc(C(F)(F)F)c1. The molecule has 3 rings (SSSR count). The normalized spacial score (nSPS) is 11.1. The number of para-hydroxylation sites is 1. The van der Waals surface area contributed by atoms with Gasteiger partial charge in [-0.05, 0) is 42.3 Å². The van der Waals surface area contributed by atoms with Gasteiger partial charge in [-0.1, -0.05) is 54.6 Å². The molecule has 0 heterocycles. The van der Waals surface area contributed by atoms with Crippen LogP contribution in [0.15, 0.2) is 84.9 Å². The molecule has 0 fully saturated rings. The number of rotatable bonds is 8. The predicted octanol–water partition coefficient (Wildman–Crippen LogP) is 5.10. The molecular formula is C25H23F3N2O2. The molecule has 0 aliphatic heterocycles. The van der Waals surface area contributed by atoms with Crippen molar-refractivity contribution < 1.29 is 22.8 Å². The van der Waals surface area contributed by atoms with Crippen molar-refractivity contribution in [3.63, 3.8) is 0 Å². The molecule has 0 unspecified atom stereocenters. The molecule has 3 aromatic rings. The number of alkyl halides is 3. The van der Waals surface area contributed by atoms with E-state index in [-0.39, 0.29) is 24.4 Å². The molecule has 0 saturated carbocycles. The number of anilines is 1. The van der Waals surface area contributed by atoms with Crippen molar-refractivity contribution in [1.29, 1.82) is 0 Å². The van der Waals surface area contributed by atoms with Crippen LogP contribution in [0.4, 0.5) is 18.9 Å². The Morgan fingerprint density at radius 2 is 1.50 bits per heavy atom. The minimum absolute atomic E-state index is 0.0557. The summed E-state index contributed by atoms with van der Waals surface area (Å²) in [6.07, 6.45) is -3.82. The first-order valence-corrected chi connectivity index (χ1v) is 10.2. The molecule has 0 atom stereocenters. The monoisotopic (exact) mass is 440 g/mol. The van der Waals surface area contributed by atoms with Crippen LogP contribution in [0.2, 0.25) is 0 Å². The fourth-order valence-corrected chi connectivity index (χ4v) is 3.25. The van der Waals surface area contributed by atoms with Gasteiger partial charge in [0.1, 0.15) is 0 Å². The molecule has 4 nitrogen and oxygen atoms in total. The highest BCUT2D eigenvalue weighted by Crippen LogP contribution is 2.29. The third-order valence-corrected chi connectivity index (χ3v) is 4.86. The number of carbonyl (C=O) groups excluding carboxylic acids is 2. The second-order valence-electron chi connectivity index (χ2n) is 7.23. The Morgan fingerprint density at radius 3 is 2.16 bits per heavy atom. The minimum atomic E-state index is -4.51. The lowest BCUT2D eigenvalue weighted by atomic mass is 10.1. The lowest BCUT2D eigenvalue weighted by molar-refractivity contribution is -0.137. The van der Waals surface area contributed by atoms with Crippen molar-refractivity contribution in [2.45, 2.75) is 19.0 Å². The Hall–Kier alpha value is -3.61. The fraction of sp³-hybridized carbons (Fsp3) is 0.200. The molecule has 32 heavy (non-hydrogen) atoms. The Balaban J connectivity index is 1.59. The smallest absolute Gasteiger partial charge is 0.352 e. The topological polar surface area (TPSA) is 49.4 Å². The highest BCUT2D eigenvalue weighted by atomic mass is 19.4. The van der Waals surface area contributed by atoms with Crippen LogP contribution in [0, 0.1) is 0 Å². The summed E-state index contributed by atoms with van der Waals surface area (Å²) in [5.74, 6) is -0.662. The predicted molar refractivity (Wildman–Crippen MR) is 117 cm³/mol. The Kier molecular flexibility index (Phi) is 7.65. The standard InChI is InChI=1S/C25H23F3N2O2/c26-25(27,28)21-12-7-11-20(18-21)24(32)29-15-8-16-30(22-13-5-2-6-14-22)23(31)17-19-9-3-1-4-10-19/h1-7,9-14,18H,8,15-17H2,(H,29,32). The van der Waals surface area contributed by atoms with Gasteiger partial charge < -0.3 is 10.2 Å². The average Bonchev–Trinajstić information content (AvgIpc) is 2.79. The number of hydrogen-bond acceptors (Lipinski definition) is 2. The minimum Gasteiger partial charge on any atom is -0.352 e. The summed E-state index contributed by atoms with van der Waals surface area (Å²) in [6, 6.07) is 22.9. The molecule has 3 aromatic carbocycles. The summed E-state index contributed by atoms with van der Waals surface area (Å²) in [6.45, 7) is 0.579. The van der Waals surface area contributed by atoms with E-state index in [1.165, 1.54) is 12.1 Å². The molecule has 0 aliphatic rings. The Morgan fingerprint density at radius 1 is 0.844 bits per heavy atom. The van der Waals surface area contributed by atoms with E-state index in [1.54, 1.807) is 4.90 Å². The van der Waals surface area contributed by atoms with E-state index < -0.39 is 17.6 Å². The van der Waals surface area contributed by atoms with E-state index >= 15 is 0 Å². The van der Waals surface area contributed by atoms with E-state index in [2.05, 4.69) is 5.32 Å². The molecule has 0 radical (unpaired) electrons. The largest absolute Gasteiger partial charge is 0.416 e. The summed E-state index contributed by atoms with van der Waals surface area (Å²) < 4.78 is 38.6. The summed E-state index contributed by atoms with van der Waals surface area (Å²) in [5.41, 5.74) is 0.723. The fourth-order valence-electron chi connectivity index (χ4n) is 3.25. The van der Waals surface area contributed by atoms with Crippen LogP contribution in [-0.4, -0.2) is 24.9 Å². The second kappa shape index (κ2) is 10.6. The molecule has 1 N–H and O–H groups in total. The van der Waals surface area contributed by atoms with E-state index in [1.807, 2.05) is 60.7 Å². The first kappa shape index (κ1) is 23.1. The first-order valence-electron chi connectivity index (χ1n) is 10.2. The van der Waals surface area contributed by atoms with E-state index in [9.17, 15) is 22.8 Å².